The van der Waals surface area contributed by atoms with Gasteiger partial charge < -0.3 is 5.11 Å². The van der Waals surface area contributed by atoms with Gasteiger partial charge in [0.05, 0.1) is 5.60 Å². The van der Waals surface area contributed by atoms with Crippen LogP contribution >= 0.6 is 0 Å². The summed E-state index contributed by atoms with van der Waals surface area (Å²) in [6, 6.07) is 0. The van der Waals surface area contributed by atoms with E-state index in [9.17, 15) is 5.11 Å². The molecule has 1 unspecified atom stereocenters. The molecule has 1 N–H and O–H groups in total. The third-order valence-electron chi connectivity index (χ3n) is 5.03. The van der Waals surface area contributed by atoms with Gasteiger partial charge in [0.2, 0.25) is 0 Å². The van der Waals surface area contributed by atoms with Crippen molar-refractivity contribution in [2.45, 2.75) is 59.0 Å². The van der Waals surface area contributed by atoms with E-state index in [4.69, 9.17) is 0 Å². The summed E-state index contributed by atoms with van der Waals surface area (Å²) in [4.78, 5) is 0. The summed E-state index contributed by atoms with van der Waals surface area (Å²) < 4.78 is 0. The van der Waals surface area contributed by atoms with E-state index in [1.807, 2.05) is 6.92 Å². The Hall–Kier alpha value is -0.300. The number of allylic oxidation sites excluding steroid dienone is 1. The first kappa shape index (κ1) is 12.2. The molecule has 0 aromatic heterocycles. The van der Waals surface area contributed by atoms with E-state index in [2.05, 4.69) is 26.8 Å². The largest absolute Gasteiger partial charge is 0.386 e. The predicted octanol–water partition coefficient (Wildman–Crippen LogP) is 3.78. The molecule has 0 saturated heterocycles. The van der Waals surface area contributed by atoms with Crippen LogP contribution < -0.4 is 0 Å². The van der Waals surface area contributed by atoms with Crippen molar-refractivity contribution in [3.05, 3.63) is 11.6 Å². The van der Waals surface area contributed by atoms with Crippen molar-refractivity contribution in [2.75, 3.05) is 0 Å². The molecule has 0 amide bonds. The van der Waals surface area contributed by atoms with Crippen LogP contribution in [0.15, 0.2) is 11.6 Å². The van der Waals surface area contributed by atoms with Gasteiger partial charge in [0, 0.05) is 0 Å². The highest BCUT2D eigenvalue weighted by molar-refractivity contribution is 5.25. The molecule has 2 aliphatic rings. The van der Waals surface area contributed by atoms with Crippen LogP contribution in [0.3, 0.4) is 0 Å². The second-order valence-corrected chi connectivity index (χ2v) is 6.43. The molecule has 4 atom stereocenters. The van der Waals surface area contributed by atoms with E-state index in [1.54, 1.807) is 0 Å². The van der Waals surface area contributed by atoms with E-state index in [1.165, 1.54) is 31.3 Å². The van der Waals surface area contributed by atoms with Gasteiger partial charge in [-0.3, -0.25) is 0 Å². The first-order valence-corrected chi connectivity index (χ1v) is 6.87. The minimum atomic E-state index is -0.545. The van der Waals surface area contributed by atoms with Crippen molar-refractivity contribution in [2.24, 2.45) is 23.7 Å². The number of rotatable bonds is 1. The summed E-state index contributed by atoms with van der Waals surface area (Å²) in [5, 5.41) is 10.7. The zero-order valence-electron chi connectivity index (χ0n) is 11.2. The van der Waals surface area contributed by atoms with E-state index >= 15 is 0 Å². The summed E-state index contributed by atoms with van der Waals surface area (Å²) >= 11 is 0. The fourth-order valence-electron chi connectivity index (χ4n) is 3.42. The number of aliphatic hydroxyl groups is 1. The van der Waals surface area contributed by atoms with Crippen LogP contribution in [0.25, 0.3) is 0 Å². The molecule has 0 aromatic rings. The second-order valence-electron chi connectivity index (χ2n) is 6.43. The lowest BCUT2D eigenvalue weighted by molar-refractivity contribution is 0.00276. The van der Waals surface area contributed by atoms with Crippen LogP contribution in [0.1, 0.15) is 53.4 Å². The summed E-state index contributed by atoms with van der Waals surface area (Å²) in [6.45, 7) is 8.81. The molecule has 0 bridgehead atoms. The number of fused-ring (bicyclic) bond motifs is 1. The third kappa shape index (κ3) is 1.95. The fraction of sp³-hybridized carbons (Fsp3) is 0.867. The zero-order chi connectivity index (χ0) is 11.9. The smallest absolute Gasteiger partial charge is 0.0856 e. The summed E-state index contributed by atoms with van der Waals surface area (Å²) in [5.41, 5.74) is 0.812. The van der Waals surface area contributed by atoms with Crippen LogP contribution in [-0.4, -0.2) is 10.7 Å². The minimum absolute atomic E-state index is 0.418. The van der Waals surface area contributed by atoms with Gasteiger partial charge in [-0.15, -0.1) is 0 Å². The lowest BCUT2D eigenvalue weighted by atomic mass is 9.63. The van der Waals surface area contributed by atoms with Crippen molar-refractivity contribution in [3.63, 3.8) is 0 Å². The average molecular weight is 222 g/mol. The lowest BCUT2D eigenvalue weighted by Gasteiger charge is -2.45. The Balaban J connectivity index is 2.28. The molecule has 0 radical (unpaired) electrons. The molecule has 2 aliphatic carbocycles. The van der Waals surface area contributed by atoms with Gasteiger partial charge in [-0.2, -0.15) is 0 Å². The highest BCUT2D eigenvalue weighted by atomic mass is 16.3. The Morgan fingerprint density at radius 3 is 2.50 bits per heavy atom. The topological polar surface area (TPSA) is 20.2 Å². The Morgan fingerprint density at radius 1 is 1.25 bits per heavy atom. The third-order valence-corrected chi connectivity index (χ3v) is 5.03. The van der Waals surface area contributed by atoms with Crippen molar-refractivity contribution >= 4 is 0 Å². The van der Waals surface area contributed by atoms with Gasteiger partial charge in [0.25, 0.3) is 0 Å². The first-order chi connectivity index (χ1) is 7.43. The molecular weight excluding hydrogens is 196 g/mol. The fourth-order valence-corrected chi connectivity index (χ4v) is 3.42. The molecule has 0 spiro atoms. The quantitative estimate of drug-likeness (QED) is 0.669. The standard InChI is InChI=1S/C15H26O/c1-10(2)13-8-7-12-6-5-11(3)15(4,16)14(12)9-13/h9-13,16H,5-8H2,1-4H3/t11?,12-,13+,15+/m0/s1. The molecule has 1 fully saturated rings. The van der Waals surface area contributed by atoms with Crippen molar-refractivity contribution in [1.82, 2.24) is 0 Å². The van der Waals surface area contributed by atoms with E-state index in [0.717, 1.165) is 0 Å². The van der Waals surface area contributed by atoms with Crippen LogP contribution in [0, 0.1) is 23.7 Å². The highest BCUT2D eigenvalue weighted by Crippen LogP contribution is 2.47. The number of hydrogen-bond acceptors (Lipinski definition) is 1. The van der Waals surface area contributed by atoms with Crippen molar-refractivity contribution in [3.8, 4) is 0 Å². The summed E-state index contributed by atoms with van der Waals surface area (Å²) in [7, 11) is 0. The minimum Gasteiger partial charge on any atom is -0.386 e. The Labute approximate surface area is 99.9 Å². The van der Waals surface area contributed by atoms with Gasteiger partial charge in [0.15, 0.2) is 0 Å². The maximum absolute atomic E-state index is 10.7. The van der Waals surface area contributed by atoms with Gasteiger partial charge in [0.1, 0.15) is 0 Å². The summed E-state index contributed by atoms with van der Waals surface area (Å²) in [6.07, 6.45) is 7.48. The average Bonchev–Trinajstić information content (AvgIpc) is 2.23. The number of hydrogen-bond donors (Lipinski definition) is 1. The zero-order valence-corrected chi connectivity index (χ0v) is 11.2. The molecular formula is C15H26O. The molecule has 92 valence electrons. The predicted molar refractivity (Wildman–Crippen MR) is 68.2 cm³/mol. The molecule has 1 nitrogen and oxygen atoms in total. The highest BCUT2D eigenvalue weighted by Gasteiger charge is 2.42. The molecule has 16 heavy (non-hydrogen) atoms. The summed E-state index contributed by atoms with van der Waals surface area (Å²) in [5.74, 6) is 2.48. The van der Waals surface area contributed by atoms with Crippen molar-refractivity contribution in [1.29, 1.82) is 0 Å². The van der Waals surface area contributed by atoms with Gasteiger partial charge in [-0.05, 0) is 61.9 Å². The van der Waals surface area contributed by atoms with Crippen LogP contribution in [0.4, 0.5) is 0 Å². The molecule has 0 heterocycles. The van der Waals surface area contributed by atoms with Gasteiger partial charge >= 0.3 is 0 Å². The Kier molecular flexibility index (Phi) is 3.18. The van der Waals surface area contributed by atoms with Crippen LogP contribution in [0.2, 0.25) is 0 Å². The van der Waals surface area contributed by atoms with E-state index < -0.39 is 5.60 Å². The molecule has 2 rings (SSSR count). The lowest BCUT2D eigenvalue weighted by Crippen LogP contribution is -2.43. The molecule has 1 heteroatoms. The monoisotopic (exact) mass is 222 g/mol. The Morgan fingerprint density at radius 2 is 1.88 bits per heavy atom. The van der Waals surface area contributed by atoms with E-state index in [0.29, 0.717) is 23.7 Å². The SMILES string of the molecule is CC(C)[C@H]1C=C2[C@@H](CCC(C)[C@@]2(C)O)CC1. The maximum Gasteiger partial charge on any atom is 0.0856 e. The Bertz CT molecular complexity index is 288. The second kappa shape index (κ2) is 4.18. The first-order valence-electron chi connectivity index (χ1n) is 6.87. The molecule has 0 aromatic carbocycles. The van der Waals surface area contributed by atoms with E-state index in [-0.39, 0.29) is 0 Å². The normalized spacial score (nSPS) is 44.1. The maximum atomic E-state index is 10.7. The molecule has 0 aliphatic heterocycles. The van der Waals surface area contributed by atoms with Gasteiger partial charge in [-0.1, -0.05) is 26.8 Å². The van der Waals surface area contributed by atoms with Crippen LogP contribution in [0.5, 0.6) is 0 Å². The van der Waals surface area contributed by atoms with Crippen LogP contribution in [-0.2, 0) is 0 Å². The molecule has 1 saturated carbocycles. The van der Waals surface area contributed by atoms with Crippen molar-refractivity contribution < 1.29 is 5.11 Å². The van der Waals surface area contributed by atoms with Gasteiger partial charge in [-0.25, -0.2) is 0 Å².